The zero-order valence-corrected chi connectivity index (χ0v) is 13.5. The molecule has 0 bridgehead atoms. The highest BCUT2D eigenvalue weighted by atomic mass is 16.2. The standard InChI is InChI=1S/C18H25N3O/c1-14-13-16-5-3-4-6-18(16)21(14)12-9-19-17-7-10-20(11-8-17)15(2)22/h3-6,13,17,19H,7-12H2,1-2H3. The van der Waals surface area contributed by atoms with E-state index >= 15 is 0 Å². The summed E-state index contributed by atoms with van der Waals surface area (Å²) in [5.74, 6) is 0.202. The van der Waals surface area contributed by atoms with E-state index < -0.39 is 0 Å². The molecule has 2 aromatic rings. The van der Waals surface area contributed by atoms with Crippen molar-refractivity contribution in [3.63, 3.8) is 0 Å². The van der Waals surface area contributed by atoms with Crippen LogP contribution < -0.4 is 5.32 Å². The van der Waals surface area contributed by atoms with Gasteiger partial charge in [0.25, 0.3) is 0 Å². The fourth-order valence-corrected chi connectivity index (χ4v) is 3.42. The number of piperidine rings is 1. The first-order chi connectivity index (χ1) is 10.6. The predicted molar refractivity (Wildman–Crippen MR) is 90.0 cm³/mol. The van der Waals surface area contributed by atoms with Gasteiger partial charge in [0.15, 0.2) is 0 Å². The van der Waals surface area contributed by atoms with Gasteiger partial charge in [-0.2, -0.15) is 0 Å². The molecule has 1 N–H and O–H groups in total. The Morgan fingerprint density at radius 1 is 1.27 bits per heavy atom. The van der Waals surface area contributed by atoms with E-state index in [1.807, 2.05) is 4.90 Å². The smallest absolute Gasteiger partial charge is 0.219 e. The Labute approximate surface area is 132 Å². The molecule has 4 heteroatoms. The molecule has 1 aliphatic rings. The van der Waals surface area contributed by atoms with Gasteiger partial charge in [0, 0.05) is 50.4 Å². The molecule has 1 saturated heterocycles. The Balaban J connectivity index is 1.53. The Hall–Kier alpha value is -1.81. The van der Waals surface area contributed by atoms with E-state index in [-0.39, 0.29) is 5.91 Å². The largest absolute Gasteiger partial charge is 0.344 e. The van der Waals surface area contributed by atoms with Crippen LogP contribution in [-0.2, 0) is 11.3 Å². The van der Waals surface area contributed by atoms with Crippen LogP contribution in [-0.4, -0.2) is 41.1 Å². The summed E-state index contributed by atoms with van der Waals surface area (Å²) in [5, 5.41) is 4.97. The van der Waals surface area contributed by atoms with Crippen molar-refractivity contribution < 1.29 is 4.79 Å². The van der Waals surface area contributed by atoms with Crippen LogP contribution in [0.25, 0.3) is 10.9 Å². The molecule has 0 unspecified atom stereocenters. The summed E-state index contributed by atoms with van der Waals surface area (Å²) in [6.45, 7) is 7.58. The quantitative estimate of drug-likeness (QED) is 0.942. The number of nitrogens with zero attached hydrogens (tertiary/aromatic N) is 2. The fraction of sp³-hybridized carbons (Fsp3) is 0.500. The van der Waals surface area contributed by atoms with Gasteiger partial charge in [0.05, 0.1) is 0 Å². The first kappa shape index (κ1) is 15.1. The Kier molecular flexibility index (Phi) is 4.48. The van der Waals surface area contributed by atoms with Crippen LogP contribution in [0.15, 0.2) is 30.3 Å². The molecule has 1 fully saturated rings. The Morgan fingerprint density at radius 2 is 2.00 bits per heavy atom. The fourth-order valence-electron chi connectivity index (χ4n) is 3.42. The zero-order chi connectivity index (χ0) is 15.5. The number of amides is 1. The summed E-state index contributed by atoms with van der Waals surface area (Å²) >= 11 is 0. The van der Waals surface area contributed by atoms with Gasteiger partial charge in [-0.3, -0.25) is 4.79 Å². The van der Waals surface area contributed by atoms with Crippen molar-refractivity contribution in [2.45, 2.75) is 39.3 Å². The maximum atomic E-state index is 11.3. The molecule has 1 aliphatic heterocycles. The summed E-state index contributed by atoms with van der Waals surface area (Å²) in [6.07, 6.45) is 2.12. The molecule has 4 nitrogen and oxygen atoms in total. The number of aryl methyl sites for hydroxylation is 1. The first-order valence-electron chi connectivity index (χ1n) is 8.19. The molecule has 1 aromatic heterocycles. The first-order valence-corrected chi connectivity index (χ1v) is 8.19. The number of likely N-dealkylation sites (tertiary alicyclic amines) is 1. The summed E-state index contributed by atoms with van der Waals surface area (Å²) in [6, 6.07) is 11.3. The van der Waals surface area contributed by atoms with Gasteiger partial charge in [-0.15, -0.1) is 0 Å². The minimum absolute atomic E-state index is 0.202. The molecule has 1 aromatic carbocycles. The van der Waals surface area contributed by atoms with Crippen LogP contribution in [0.3, 0.4) is 0 Å². The van der Waals surface area contributed by atoms with Gasteiger partial charge in [-0.05, 0) is 37.3 Å². The van der Waals surface area contributed by atoms with E-state index in [4.69, 9.17) is 0 Å². The molecule has 0 atom stereocenters. The van der Waals surface area contributed by atoms with Crippen LogP contribution in [0.1, 0.15) is 25.5 Å². The molecule has 1 amide bonds. The molecule has 2 heterocycles. The van der Waals surface area contributed by atoms with Gasteiger partial charge in [-0.1, -0.05) is 18.2 Å². The highest BCUT2D eigenvalue weighted by Gasteiger charge is 2.19. The summed E-state index contributed by atoms with van der Waals surface area (Å²) < 4.78 is 2.38. The lowest BCUT2D eigenvalue weighted by atomic mass is 10.1. The molecular weight excluding hydrogens is 274 g/mol. The number of hydrogen-bond acceptors (Lipinski definition) is 2. The predicted octanol–water partition coefficient (Wildman–Crippen LogP) is 2.55. The van der Waals surface area contributed by atoms with Crippen LogP contribution >= 0.6 is 0 Å². The van der Waals surface area contributed by atoms with Crippen molar-refractivity contribution in [1.82, 2.24) is 14.8 Å². The summed E-state index contributed by atoms with van der Waals surface area (Å²) in [5.41, 5.74) is 2.63. The molecule has 0 spiro atoms. The van der Waals surface area contributed by atoms with E-state index in [2.05, 4.69) is 47.1 Å². The Bertz CT molecular complexity index is 653. The van der Waals surface area contributed by atoms with Crippen molar-refractivity contribution >= 4 is 16.8 Å². The minimum atomic E-state index is 0.202. The number of para-hydroxylation sites is 1. The van der Waals surface area contributed by atoms with E-state index in [0.717, 1.165) is 39.0 Å². The number of hydrogen-bond donors (Lipinski definition) is 1. The Morgan fingerprint density at radius 3 is 2.73 bits per heavy atom. The molecule has 3 rings (SSSR count). The van der Waals surface area contributed by atoms with E-state index in [1.165, 1.54) is 16.6 Å². The average Bonchev–Trinajstić information content (AvgIpc) is 2.84. The van der Waals surface area contributed by atoms with Gasteiger partial charge in [0.1, 0.15) is 0 Å². The molecule has 22 heavy (non-hydrogen) atoms. The topological polar surface area (TPSA) is 37.3 Å². The zero-order valence-electron chi connectivity index (χ0n) is 13.5. The van der Waals surface area contributed by atoms with Crippen molar-refractivity contribution in [2.24, 2.45) is 0 Å². The van der Waals surface area contributed by atoms with Crippen LogP contribution in [0.5, 0.6) is 0 Å². The van der Waals surface area contributed by atoms with Gasteiger partial charge < -0.3 is 14.8 Å². The summed E-state index contributed by atoms with van der Waals surface area (Å²) in [4.78, 5) is 13.3. The number of fused-ring (bicyclic) bond motifs is 1. The number of carbonyl (C=O) groups is 1. The highest BCUT2D eigenvalue weighted by Crippen LogP contribution is 2.19. The van der Waals surface area contributed by atoms with E-state index in [0.29, 0.717) is 6.04 Å². The highest BCUT2D eigenvalue weighted by molar-refractivity contribution is 5.81. The van der Waals surface area contributed by atoms with Crippen LogP contribution in [0, 0.1) is 6.92 Å². The average molecular weight is 299 g/mol. The van der Waals surface area contributed by atoms with Crippen molar-refractivity contribution in [3.05, 3.63) is 36.0 Å². The van der Waals surface area contributed by atoms with E-state index in [9.17, 15) is 4.79 Å². The summed E-state index contributed by atoms with van der Waals surface area (Å²) in [7, 11) is 0. The normalized spacial score (nSPS) is 16.4. The van der Waals surface area contributed by atoms with Crippen molar-refractivity contribution in [2.75, 3.05) is 19.6 Å². The lowest BCUT2D eigenvalue weighted by molar-refractivity contribution is -0.129. The maximum Gasteiger partial charge on any atom is 0.219 e. The van der Waals surface area contributed by atoms with Crippen molar-refractivity contribution in [1.29, 1.82) is 0 Å². The van der Waals surface area contributed by atoms with Crippen LogP contribution in [0.2, 0.25) is 0 Å². The maximum absolute atomic E-state index is 11.3. The van der Waals surface area contributed by atoms with E-state index in [1.54, 1.807) is 6.92 Å². The molecule has 118 valence electrons. The van der Waals surface area contributed by atoms with Gasteiger partial charge in [0.2, 0.25) is 5.91 Å². The third-order valence-electron chi connectivity index (χ3n) is 4.73. The molecule has 0 saturated carbocycles. The molecule has 0 aliphatic carbocycles. The lowest BCUT2D eigenvalue weighted by Gasteiger charge is -2.31. The number of benzene rings is 1. The third-order valence-corrected chi connectivity index (χ3v) is 4.73. The number of carbonyl (C=O) groups excluding carboxylic acids is 1. The second-order valence-electron chi connectivity index (χ2n) is 6.23. The second-order valence-corrected chi connectivity index (χ2v) is 6.23. The van der Waals surface area contributed by atoms with Crippen molar-refractivity contribution in [3.8, 4) is 0 Å². The monoisotopic (exact) mass is 299 g/mol. The number of aromatic nitrogens is 1. The van der Waals surface area contributed by atoms with Gasteiger partial charge in [-0.25, -0.2) is 0 Å². The van der Waals surface area contributed by atoms with Gasteiger partial charge >= 0.3 is 0 Å². The lowest BCUT2D eigenvalue weighted by Crippen LogP contribution is -2.44. The SMILES string of the molecule is CC(=O)N1CCC(NCCn2c(C)cc3ccccc32)CC1. The number of rotatable bonds is 4. The molecular formula is C18H25N3O. The third kappa shape index (κ3) is 3.17. The molecule has 0 radical (unpaired) electrons. The van der Waals surface area contributed by atoms with Crippen LogP contribution in [0.4, 0.5) is 0 Å². The minimum Gasteiger partial charge on any atom is -0.344 e. The number of nitrogens with one attached hydrogen (secondary N) is 1. The second kappa shape index (κ2) is 6.53.